The highest BCUT2D eigenvalue weighted by atomic mass is 35.5. The van der Waals surface area contributed by atoms with E-state index in [1.165, 1.54) is 0 Å². The van der Waals surface area contributed by atoms with Crippen LogP contribution in [0.15, 0.2) is 18.2 Å². The van der Waals surface area contributed by atoms with Crippen molar-refractivity contribution in [1.29, 1.82) is 0 Å². The molecule has 0 radical (unpaired) electrons. The summed E-state index contributed by atoms with van der Waals surface area (Å²) in [5.74, 6) is 0. The molecule has 1 saturated heterocycles. The van der Waals surface area contributed by atoms with Crippen molar-refractivity contribution >= 4 is 23.2 Å². The summed E-state index contributed by atoms with van der Waals surface area (Å²) in [5.41, 5.74) is 0.671. The zero-order valence-electron chi connectivity index (χ0n) is 10.2. The van der Waals surface area contributed by atoms with Gasteiger partial charge in [-0.1, -0.05) is 35.3 Å². The Labute approximate surface area is 117 Å². The van der Waals surface area contributed by atoms with Gasteiger partial charge >= 0.3 is 0 Å². The smallest absolute Gasteiger partial charge is 0.0820 e. The fourth-order valence-electron chi connectivity index (χ4n) is 2.20. The minimum Gasteiger partial charge on any atom is -0.388 e. The van der Waals surface area contributed by atoms with E-state index in [4.69, 9.17) is 27.9 Å². The van der Waals surface area contributed by atoms with Crippen molar-refractivity contribution in [2.24, 2.45) is 0 Å². The Balaban J connectivity index is 2.02. The SMILES string of the molecule is CC1COCC(CC(O)c2cccc(Cl)c2Cl)N1. The standard InChI is InChI=1S/C13H17Cl2NO2/c1-8-6-18-7-9(16-8)5-12(17)10-3-2-4-11(14)13(10)15/h2-4,8-9,12,16-17H,5-7H2,1H3. The first kappa shape index (κ1) is 14.1. The number of nitrogens with one attached hydrogen (secondary N) is 1. The Morgan fingerprint density at radius 1 is 1.44 bits per heavy atom. The quantitative estimate of drug-likeness (QED) is 0.899. The van der Waals surface area contributed by atoms with E-state index >= 15 is 0 Å². The van der Waals surface area contributed by atoms with E-state index in [1.807, 2.05) is 0 Å². The number of benzene rings is 1. The Hall–Kier alpha value is -0.320. The fourth-order valence-corrected chi connectivity index (χ4v) is 2.63. The van der Waals surface area contributed by atoms with Gasteiger partial charge in [0.15, 0.2) is 0 Å². The van der Waals surface area contributed by atoms with Crippen molar-refractivity contribution in [2.75, 3.05) is 13.2 Å². The summed E-state index contributed by atoms with van der Waals surface area (Å²) >= 11 is 12.0. The lowest BCUT2D eigenvalue weighted by molar-refractivity contribution is 0.0304. The molecule has 1 fully saturated rings. The third-order valence-corrected chi connectivity index (χ3v) is 3.89. The lowest BCUT2D eigenvalue weighted by atomic mass is 10.0. The molecule has 1 aromatic rings. The zero-order valence-corrected chi connectivity index (χ0v) is 11.7. The molecule has 2 N–H and O–H groups in total. The van der Waals surface area contributed by atoms with E-state index in [1.54, 1.807) is 18.2 Å². The van der Waals surface area contributed by atoms with Gasteiger partial charge in [0.05, 0.1) is 29.4 Å². The molecule has 0 bridgehead atoms. The molecule has 1 aromatic carbocycles. The highest BCUT2D eigenvalue weighted by Gasteiger charge is 2.23. The summed E-state index contributed by atoms with van der Waals surface area (Å²) in [5, 5.41) is 14.5. The molecule has 1 aliphatic rings. The average Bonchev–Trinajstić information content (AvgIpc) is 2.32. The largest absolute Gasteiger partial charge is 0.388 e. The monoisotopic (exact) mass is 289 g/mol. The van der Waals surface area contributed by atoms with Crippen LogP contribution in [0.25, 0.3) is 0 Å². The minimum atomic E-state index is -0.636. The van der Waals surface area contributed by atoms with Crippen molar-refractivity contribution in [2.45, 2.75) is 31.5 Å². The summed E-state index contributed by atoms with van der Waals surface area (Å²) in [4.78, 5) is 0. The van der Waals surface area contributed by atoms with Gasteiger partial charge in [0.25, 0.3) is 0 Å². The number of hydrogen-bond acceptors (Lipinski definition) is 3. The van der Waals surface area contributed by atoms with Crippen molar-refractivity contribution < 1.29 is 9.84 Å². The van der Waals surface area contributed by atoms with Crippen LogP contribution in [0.4, 0.5) is 0 Å². The maximum Gasteiger partial charge on any atom is 0.0820 e. The van der Waals surface area contributed by atoms with Gasteiger partial charge < -0.3 is 15.2 Å². The van der Waals surface area contributed by atoms with E-state index in [0.29, 0.717) is 41.3 Å². The summed E-state index contributed by atoms with van der Waals surface area (Å²) in [6.45, 7) is 3.38. The second kappa shape index (κ2) is 6.22. The molecule has 0 aromatic heterocycles. The van der Waals surface area contributed by atoms with Crippen LogP contribution in [0.5, 0.6) is 0 Å². The van der Waals surface area contributed by atoms with Crippen molar-refractivity contribution in [3.63, 3.8) is 0 Å². The average molecular weight is 290 g/mol. The second-order valence-corrected chi connectivity index (χ2v) is 5.48. The van der Waals surface area contributed by atoms with Crippen LogP contribution in [0, 0.1) is 0 Å². The van der Waals surface area contributed by atoms with Crippen molar-refractivity contribution in [3.8, 4) is 0 Å². The molecule has 3 atom stereocenters. The first-order chi connectivity index (χ1) is 8.58. The molecular weight excluding hydrogens is 273 g/mol. The number of hydrogen-bond donors (Lipinski definition) is 2. The first-order valence-corrected chi connectivity index (χ1v) is 6.79. The van der Waals surface area contributed by atoms with Gasteiger partial charge in [0.2, 0.25) is 0 Å². The topological polar surface area (TPSA) is 41.5 Å². The predicted octanol–water partition coefficient (Wildman–Crippen LogP) is 2.79. The molecule has 0 saturated carbocycles. The molecule has 3 unspecified atom stereocenters. The van der Waals surface area contributed by atoms with Crippen LogP contribution in [-0.4, -0.2) is 30.4 Å². The van der Waals surface area contributed by atoms with Crippen molar-refractivity contribution in [3.05, 3.63) is 33.8 Å². The number of rotatable bonds is 3. The number of aliphatic hydroxyl groups is 1. The number of morpholine rings is 1. The Morgan fingerprint density at radius 3 is 2.94 bits per heavy atom. The molecule has 2 rings (SSSR count). The molecule has 18 heavy (non-hydrogen) atoms. The van der Waals surface area contributed by atoms with Gasteiger partial charge in [0.1, 0.15) is 0 Å². The van der Waals surface area contributed by atoms with Crippen LogP contribution < -0.4 is 5.32 Å². The summed E-state index contributed by atoms with van der Waals surface area (Å²) in [6, 6.07) is 5.75. The Kier molecular flexibility index (Phi) is 4.87. The third-order valence-electron chi connectivity index (χ3n) is 3.06. The Bertz CT molecular complexity index is 414. The van der Waals surface area contributed by atoms with Gasteiger partial charge in [-0.3, -0.25) is 0 Å². The normalized spacial score (nSPS) is 26.0. The summed E-state index contributed by atoms with van der Waals surface area (Å²) in [7, 11) is 0. The molecule has 1 aliphatic heterocycles. The number of ether oxygens (including phenoxy) is 1. The van der Waals surface area contributed by atoms with E-state index in [2.05, 4.69) is 12.2 Å². The van der Waals surface area contributed by atoms with Crippen LogP contribution in [0.1, 0.15) is 25.0 Å². The highest BCUT2D eigenvalue weighted by molar-refractivity contribution is 6.42. The van der Waals surface area contributed by atoms with Crippen LogP contribution in [0.2, 0.25) is 10.0 Å². The third kappa shape index (κ3) is 3.37. The molecule has 1 heterocycles. The van der Waals surface area contributed by atoms with E-state index in [-0.39, 0.29) is 6.04 Å². The van der Waals surface area contributed by atoms with Gasteiger partial charge in [0, 0.05) is 17.6 Å². The molecule has 3 nitrogen and oxygen atoms in total. The van der Waals surface area contributed by atoms with Crippen molar-refractivity contribution in [1.82, 2.24) is 5.32 Å². The first-order valence-electron chi connectivity index (χ1n) is 6.03. The maximum absolute atomic E-state index is 10.2. The van der Waals surface area contributed by atoms with Gasteiger partial charge in [-0.2, -0.15) is 0 Å². The maximum atomic E-state index is 10.2. The molecule has 100 valence electrons. The van der Waals surface area contributed by atoms with Crippen LogP contribution in [-0.2, 0) is 4.74 Å². The van der Waals surface area contributed by atoms with Crippen LogP contribution >= 0.6 is 23.2 Å². The molecule has 5 heteroatoms. The highest BCUT2D eigenvalue weighted by Crippen LogP contribution is 2.32. The fraction of sp³-hybridized carbons (Fsp3) is 0.538. The summed E-state index contributed by atoms with van der Waals surface area (Å²) in [6.07, 6.45) is -0.0766. The number of halogens is 2. The lowest BCUT2D eigenvalue weighted by Crippen LogP contribution is -2.47. The Morgan fingerprint density at radius 2 is 2.22 bits per heavy atom. The van der Waals surface area contributed by atoms with E-state index in [9.17, 15) is 5.11 Å². The second-order valence-electron chi connectivity index (χ2n) is 4.70. The molecule has 0 aliphatic carbocycles. The van der Waals surface area contributed by atoms with Gasteiger partial charge in [-0.25, -0.2) is 0 Å². The predicted molar refractivity (Wildman–Crippen MR) is 73.2 cm³/mol. The van der Waals surface area contributed by atoms with Crippen LogP contribution in [0.3, 0.4) is 0 Å². The van der Waals surface area contributed by atoms with E-state index < -0.39 is 6.10 Å². The minimum absolute atomic E-state index is 0.138. The van der Waals surface area contributed by atoms with E-state index in [0.717, 1.165) is 0 Å². The summed E-state index contributed by atoms with van der Waals surface area (Å²) < 4.78 is 5.45. The van der Waals surface area contributed by atoms with Gasteiger partial charge in [-0.15, -0.1) is 0 Å². The lowest BCUT2D eigenvalue weighted by Gasteiger charge is -2.30. The zero-order chi connectivity index (χ0) is 13.1. The number of aliphatic hydroxyl groups excluding tert-OH is 1. The molecular formula is C13H17Cl2NO2. The molecule has 0 amide bonds. The molecule has 0 spiro atoms. The van der Waals surface area contributed by atoms with Gasteiger partial charge in [-0.05, 0) is 19.4 Å².